The van der Waals surface area contributed by atoms with Crippen molar-refractivity contribution in [3.63, 3.8) is 0 Å². The number of ether oxygens (including phenoxy) is 1. The van der Waals surface area contributed by atoms with Gasteiger partial charge in [-0.2, -0.15) is 4.98 Å². The van der Waals surface area contributed by atoms with Crippen molar-refractivity contribution in [3.05, 3.63) is 70.2 Å². The van der Waals surface area contributed by atoms with Gasteiger partial charge in [-0.05, 0) is 42.5 Å². The van der Waals surface area contributed by atoms with E-state index in [9.17, 15) is 0 Å². The van der Waals surface area contributed by atoms with E-state index >= 15 is 0 Å². The highest BCUT2D eigenvalue weighted by molar-refractivity contribution is 7.13. The van der Waals surface area contributed by atoms with E-state index in [0.29, 0.717) is 12.6 Å². The molecule has 4 aromatic rings. The average molecular weight is 508 g/mol. The quantitative estimate of drug-likeness (QED) is 0.208. The van der Waals surface area contributed by atoms with Crippen LogP contribution in [0.2, 0.25) is 5.02 Å². The maximum Gasteiger partial charge on any atom is 0.229 e. The standard InChI is InChI=1S/C27H30ClN5OS/c1-4-18-7-9-20(10-8-18)24-17-35-26(32-24)22-16-30-27(33-25(22)29-13-6-14-34-3)31-21-12-11-19(5-2)23(28)15-21/h7-12,15-17H,4-6,13-14H2,1-3H3,(H2,29,30,31,33). The molecule has 2 N–H and O–H groups in total. The normalized spacial score (nSPS) is 11.0. The summed E-state index contributed by atoms with van der Waals surface area (Å²) < 4.78 is 5.19. The molecule has 0 fully saturated rings. The molecule has 0 bridgehead atoms. The Bertz CT molecular complexity index is 1260. The van der Waals surface area contributed by atoms with Gasteiger partial charge in [0.05, 0.1) is 11.3 Å². The fraction of sp³-hybridized carbons (Fsp3) is 0.296. The Morgan fingerprint density at radius 3 is 2.57 bits per heavy atom. The molecule has 0 unspecified atom stereocenters. The Balaban J connectivity index is 1.60. The smallest absolute Gasteiger partial charge is 0.229 e. The number of aromatic nitrogens is 3. The number of hydrogen-bond donors (Lipinski definition) is 2. The summed E-state index contributed by atoms with van der Waals surface area (Å²) in [5, 5.41) is 10.4. The Morgan fingerprint density at radius 2 is 1.86 bits per heavy atom. The first-order chi connectivity index (χ1) is 17.1. The molecule has 182 valence electrons. The fourth-order valence-electron chi connectivity index (χ4n) is 3.64. The summed E-state index contributed by atoms with van der Waals surface area (Å²) in [7, 11) is 1.71. The van der Waals surface area contributed by atoms with Crippen molar-refractivity contribution in [1.29, 1.82) is 0 Å². The molecule has 0 saturated carbocycles. The molecule has 0 aliphatic carbocycles. The molecule has 0 aliphatic heterocycles. The van der Waals surface area contributed by atoms with E-state index in [1.54, 1.807) is 18.4 Å². The summed E-state index contributed by atoms with van der Waals surface area (Å²) in [6.07, 6.45) is 4.59. The lowest BCUT2D eigenvalue weighted by molar-refractivity contribution is 0.198. The monoisotopic (exact) mass is 507 g/mol. The van der Waals surface area contributed by atoms with Crippen LogP contribution < -0.4 is 10.6 Å². The van der Waals surface area contributed by atoms with E-state index < -0.39 is 0 Å². The number of rotatable bonds is 11. The average Bonchev–Trinajstić information content (AvgIpc) is 3.37. The number of anilines is 3. The number of halogens is 1. The molecule has 6 nitrogen and oxygen atoms in total. The van der Waals surface area contributed by atoms with E-state index in [2.05, 4.69) is 59.1 Å². The minimum absolute atomic E-state index is 0.496. The second-order valence-electron chi connectivity index (χ2n) is 8.10. The van der Waals surface area contributed by atoms with Crippen LogP contribution in [0, 0.1) is 0 Å². The molecule has 2 heterocycles. The Hall–Kier alpha value is -3.00. The Kier molecular flexibility index (Phi) is 8.69. The lowest BCUT2D eigenvalue weighted by Crippen LogP contribution is -2.09. The van der Waals surface area contributed by atoms with E-state index in [1.807, 2.05) is 24.4 Å². The predicted molar refractivity (Wildman–Crippen MR) is 147 cm³/mol. The van der Waals surface area contributed by atoms with Crippen LogP contribution >= 0.6 is 22.9 Å². The van der Waals surface area contributed by atoms with Crippen molar-refractivity contribution in [1.82, 2.24) is 15.0 Å². The van der Waals surface area contributed by atoms with Gasteiger partial charge in [0.25, 0.3) is 0 Å². The van der Waals surface area contributed by atoms with Gasteiger partial charge in [0.2, 0.25) is 5.95 Å². The SMILES string of the molecule is CCc1ccc(-c2csc(-c3cnc(Nc4ccc(CC)c(Cl)c4)nc3NCCCOC)n2)cc1. The topological polar surface area (TPSA) is 72.0 Å². The van der Waals surface area contributed by atoms with Crippen molar-refractivity contribution in [2.24, 2.45) is 0 Å². The van der Waals surface area contributed by atoms with Gasteiger partial charge >= 0.3 is 0 Å². The summed E-state index contributed by atoms with van der Waals surface area (Å²) in [5.74, 6) is 1.23. The first-order valence-corrected chi connectivity index (χ1v) is 13.1. The first-order valence-electron chi connectivity index (χ1n) is 11.8. The van der Waals surface area contributed by atoms with Crippen molar-refractivity contribution < 1.29 is 4.74 Å². The largest absolute Gasteiger partial charge is 0.385 e. The minimum Gasteiger partial charge on any atom is -0.385 e. The van der Waals surface area contributed by atoms with Crippen LogP contribution in [0.25, 0.3) is 21.8 Å². The zero-order chi connectivity index (χ0) is 24.6. The number of nitrogens with one attached hydrogen (secondary N) is 2. The lowest BCUT2D eigenvalue weighted by atomic mass is 10.1. The van der Waals surface area contributed by atoms with Gasteiger partial charge in [0, 0.05) is 48.1 Å². The van der Waals surface area contributed by atoms with Gasteiger partial charge in [0.15, 0.2) is 0 Å². The third kappa shape index (κ3) is 6.36. The highest BCUT2D eigenvalue weighted by Gasteiger charge is 2.14. The molecule has 0 saturated heterocycles. The summed E-state index contributed by atoms with van der Waals surface area (Å²) in [4.78, 5) is 14.2. The third-order valence-electron chi connectivity index (χ3n) is 5.69. The zero-order valence-electron chi connectivity index (χ0n) is 20.3. The molecule has 35 heavy (non-hydrogen) atoms. The van der Waals surface area contributed by atoms with Crippen LogP contribution in [0.5, 0.6) is 0 Å². The van der Waals surface area contributed by atoms with E-state index in [4.69, 9.17) is 26.3 Å². The predicted octanol–water partition coefficient (Wildman–Crippen LogP) is 7.24. The molecule has 0 atom stereocenters. The Labute approximate surface area is 215 Å². The minimum atomic E-state index is 0.496. The van der Waals surface area contributed by atoms with Gasteiger partial charge in [-0.3, -0.25) is 0 Å². The molecular formula is C27H30ClN5OS. The Morgan fingerprint density at radius 1 is 1.03 bits per heavy atom. The van der Waals surface area contributed by atoms with Crippen molar-refractivity contribution >= 4 is 40.4 Å². The first kappa shape index (κ1) is 25.1. The summed E-state index contributed by atoms with van der Waals surface area (Å²) in [6, 6.07) is 14.5. The summed E-state index contributed by atoms with van der Waals surface area (Å²) in [5.41, 5.74) is 6.19. The summed E-state index contributed by atoms with van der Waals surface area (Å²) in [6.45, 7) is 5.65. The molecule has 0 amide bonds. The second-order valence-corrected chi connectivity index (χ2v) is 9.37. The molecule has 0 spiro atoms. The van der Waals surface area contributed by atoms with Crippen LogP contribution in [0.15, 0.2) is 54.0 Å². The van der Waals surface area contributed by atoms with E-state index in [1.165, 1.54) is 5.56 Å². The molecule has 8 heteroatoms. The molecule has 0 radical (unpaired) electrons. The number of methoxy groups -OCH3 is 1. The van der Waals surface area contributed by atoms with Crippen molar-refractivity contribution in [3.8, 4) is 21.8 Å². The molecule has 4 rings (SSSR count). The molecule has 2 aromatic carbocycles. The van der Waals surface area contributed by atoms with Crippen molar-refractivity contribution in [2.75, 3.05) is 30.9 Å². The number of thiazole rings is 1. The van der Waals surface area contributed by atoms with Gasteiger partial charge in [-0.1, -0.05) is 55.8 Å². The van der Waals surface area contributed by atoms with Crippen LogP contribution in [-0.2, 0) is 17.6 Å². The number of benzene rings is 2. The summed E-state index contributed by atoms with van der Waals surface area (Å²) >= 11 is 7.98. The second kappa shape index (κ2) is 12.1. The van der Waals surface area contributed by atoms with Gasteiger partial charge < -0.3 is 15.4 Å². The number of nitrogens with zero attached hydrogens (tertiary/aromatic N) is 3. The van der Waals surface area contributed by atoms with Crippen LogP contribution in [0.3, 0.4) is 0 Å². The highest BCUT2D eigenvalue weighted by Crippen LogP contribution is 2.33. The lowest BCUT2D eigenvalue weighted by Gasteiger charge is -2.12. The van der Waals surface area contributed by atoms with Gasteiger partial charge in [0.1, 0.15) is 10.8 Å². The fourth-order valence-corrected chi connectivity index (χ4v) is 4.79. The van der Waals surface area contributed by atoms with E-state index in [0.717, 1.165) is 69.7 Å². The van der Waals surface area contributed by atoms with Gasteiger partial charge in [-0.15, -0.1) is 11.3 Å². The van der Waals surface area contributed by atoms with Crippen molar-refractivity contribution in [2.45, 2.75) is 33.1 Å². The zero-order valence-corrected chi connectivity index (χ0v) is 21.8. The molecule has 0 aliphatic rings. The number of aryl methyl sites for hydroxylation is 2. The highest BCUT2D eigenvalue weighted by atomic mass is 35.5. The van der Waals surface area contributed by atoms with Crippen LogP contribution in [-0.4, -0.2) is 35.2 Å². The molecule has 2 aromatic heterocycles. The van der Waals surface area contributed by atoms with Crippen LogP contribution in [0.1, 0.15) is 31.4 Å². The number of hydrogen-bond acceptors (Lipinski definition) is 7. The maximum atomic E-state index is 6.39. The molecular weight excluding hydrogens is 478 g/mol. The van der Waals surface area contributed by atoms with Gasteiger partial charge in [-0.25, -0.2) is 9.97 Å². The maximum absolute atomic E-state index is 6.39. The van der Waals surface area contributed by atoms with Crippen LogP contribution in [0.4, 0.5) is 17.5 Å². The van der Waals surface area contributed by atoms with E-state index in [-0.39, 0.29) is 0 Å². The third-order valence-corrected chi connectivity index (χ3v) is 6.92.